The molecule has 0 aromatic carbocycles. The van der Waals surface area contributed by atoms with Gasteiger partial charge in [-0.05, 0) is 19.1 Å². The normalized spacial score (nSPS) is 11.0. The quantitative estimate of drug-likeness (QED) is 0.622. The zero-order chi connectivity index (χ0) is 16.9. The molecule has 24 heavy (non-hydrogen) atoms. The number of primary amides is 1. The monoisotopic (exact) mass is 347 g/mol. The molecule has 3 aromatic rings. The minimum Gasteiger partial charge on any atom is -0.461 e. The van der Waals surface area contributed by atoms with Crippen molar-refractivity contribution in [1.82, 2.24) is 19.9 Å². The molecule has 3 rings (SSSR count). The number of thioether (sulfide) groups is 1. The molecular formula is C15H17N5O3S. The van der Waals surface area contributed by atoms with E-state index in [2.05, 4.69) is 15.4 Å². The number of nitrogens with two attached hydrogens (primary N) is 1. The zero-order valence-electron chi connectivity index (χ0n) is 13.1. The van der Waals surface area contributed by atoms with Crippen LogP contribution in [0.1, 0.15) is 24.9 Å². The van der Waals surface area contributed by atoms with Crippen LogP contribution in [-0.2, 0) is 23.5 Å². The fourth-order valence-electron chi connectivity index (χ4n) is 2.22. The summed E-state index contributed by atoms with van der Waals surface area (Å²) in [5.74, 6) is 2.25. The molecule has 3 heterocycles. The van der Waals surface area contributed by atoms with Crippen molar-refractivity contribution in [2.75, 3.05) is 0 Å². The molecule has 0 radical (unpaired) electrons. The molecule has 8 nitrogen and oxygen atoms in total. The highest BCUT2D eigenvalue weighted by atomic mass is 32.2. The number of aromatic nitrogens is 4. The van der Waals surface area contributed by atoms with Crippen molar-refractivity contribution in [2.24, 2.45) is 5.73 Å². The first kappa shape index (κ1) is 16.3. The lowest BCUT2D eigenvalue weighted by Gasteiger charge is -2.05. The summed E-state index contributed by atoms with van der Waals surface area (Å²) in [4.78, 5) is 10.9. The van der Waals surface area contributed by atoms with Crippen molar-refractivity contribution < 1.29 is 13.7 Å². The molecule has 0 aliphatic carbocycles. The lowest BCUT2D eigenvalue weighted by atomic mass is 10.3. The minimum atomic E-state index is -0.345. The van der Waals surface area contributed by atoms with Crippen molar-refractivity contribution in [1.29, 1.82) is 0 Å². The molecule has 0 aliphatic rings. The third-order valence-corrected chi connectivity index (χ3v) is 4.38. The van der Waals surface area contributed by atoms with Crippen molar-refractivity contribution in [2.45, 2.75) is 37.2 Å². The van der Waals surface area contributed by atoms with E-state index in [1.807, 2.05) is 23.6 Å². The molecule has 0 unspecified atom stereocenters. The van der Waals surface area contributed by atoms with Gasteiger partial charge in [-0.2, -0.15) is 0 Å². The molecular weight excluding hydrogens is 330 g/mol. The van der Waals surface area contributed by atoms with E-state index in [9.17, 15) is 4.79 Å². The van der Waals surface area contributed by atoms with E-state index < -0.39 is 0 Å². The van der Waals surface area contributed by atoms with Gasteiger partial charge >= 0.3 is 0 Å². The first-order valence-corrected chi connectivity index (χ1v) is 8.48. The molecule has 3 aromatic heterocycles. The second kappa shape index (κ2) is 7.35. The largest absolute Gasteiger partial charge is 0.461 e. The van der Waals surface area contributed by atoms with Crippen LogP contribution in [0.15, 0.2) is 38.6 Å². The Morgan fingerprint density at radius 1 is 1.38 bits per heavy atom. The Labute approximate surface area is 142 Å². The van der Waals surface area contributed by atoms with Crippen LogP contribution in [0.4, 0.5) is 0 Å². The molecule has 0 atom stereocenters. The van der Waals surface area contributed by atoms with Gasteiger partial charge < -0.3 is 19.2 Å². The fourth-order valence-corrected chi connectivity index (χ4v) is 3.12. The van der Waals surface area contributed by atoms with E-state index in [1.165, 1.54) is 11.8 Å². The lowest BCUT2D eigenvalue weighted by molar-refractivity contribution is -0.118. The number of aryl methyl sites for hydroxylation is 1. The SMILES string of the molecule is CCn1c(CCC(N)=O)nnc1SCc1cc(-c2ccco2)on1. The maximum absolute atomic E-state index is 10.9. The van der Waals surface area contributed by atoms with Crippen LogP contribution in [0.5, 0.6) is 0 Å². The van der Waals surface area contributed by atoms with Crippen LogP contribution >= 0.6 is 11.8 Å². The molecule has 0 aliphatic heterocycles. The summed E-state index contributed by atoms with van der Waals surface area (Å²) >= 11 is 1.51. The minimum absolute atomic E-state index is 0.262. The number of carbonyl (C=O) groups is 1. The number of amides is 1. The molecule has 0 spiro atoms. The van der Waals surface area contributed by atoms with Crippen LogP contribution in [0, 0.1) is 0 Å². The van der Waals surface area contributed by atoms with Crippen LogP contribution < -0.4 is 5.73 Å². The van der Waals surface area contributed by atoms with Gasteiger partial charge in [0.25, 0.3) is 0 Å². The van der Waals surface area contributed by atoms with Gasteiger partial charge in [-0.3, -0.25) is 4.79 Å². The Balaban J connectivity index is 1.65. The summed E-state index contributed by atoms with van der Waals surface area (Å²) in [6, 6.07) is 5.45. The first-order chi connectivity index (χ1) is 11.7. The highest BCUT2D eigenvalue weighted by Gasteiger charge is 2.14. The van der Waals surface area contributed by atoms with E-state index in [-0.39, 0.29) is 12.3 Å². The summed E-state index contributed by atoms with van der Waals surface area (Å²) in [5, 5.41) is 13.1. The Bertz CT molecular complexity index is 809. The Kier molecular flexibility index (Phi) is 4.99. The van der Waals surface area contributed by atoms with Crippen molar-refractivity contribution in [3.05, 3.63) is 36.0 Å². The van der Waals surface area contributed by atoms with Gasteiger partial charge in [0.1, 0.15) is 5.82 Å². The van der Waals surface area contributed by atoms with Gasteiger partial charge in [-0.15, -0.1) is 10.2 Å². The van der Waals surface area contributed by atoms with Gasteiger partial charge in [-0.1, -0.05) is 16.9 Å². The Morgan fingerprint density at radius 3 is 2.96 bits per heavy atom. The standard InChI is InChI=1S/C15H17N5O3S/c1-2-20-14(6-5-13(16)21)17-18-15(20)24-9-10-8-12(23-19-10)11-4-3-7-22-11/h3-4,7-8H,2,5-6,9H2,1H3,(H2,16,21). The Hall–Kier alpha value is -2.55. The summed E-state index contributed by atoms with van der Waals surface area (Å²) in [6.45, 7) is 2.73. The van der Waals surface area contributed by atoms with Gasteiger partial charge in [0, 0.05) is 31.2 Å². The van der Waals surface area contributed by atoms with E-state index in [1.54, 1.807) is 12.3 Å². The molecule has 1 amide bonds. The number of rotatable bonds is 8. The van der Waals surface area contributed by atoms with E-state index >= 15 is 0 Å². The highest BCUT2D eigenvalue weighted by molar-refractivity contribution is 7.98. The summed E-state index contributed by atoms with van der Waals surface area (Å²) in [7, 11) is 0. The van der Waals surface area contributed by atoms with Gasteiger partial charge in [0.15, 0.2) is 10.9 Å². The van der Waals surface area contributed by atoms with E-state index in [4.69, 9.17) is 14.7 Å². The van der Waals surface area contributed by atoms with Crippen LogP contribution in [0.2, 0.25) is 0 Å². The van der Waals surface area contributed by atoms with E-state index in [0.717, 1.165) is 23.2 Å². The maximum atomic E-state index is 10.9. The zero-order valence-corrected chi connectivity index (χ0v) is 14.0. The first-order valence-electron chi connectivity index (χ1n) is 7.50. The second-order valence-corrected chi connectivity index (χ2v) is 6.00. The molecule has 0 saturated heterocycles. The third-order valence-electron chi connectivity index (χ3n) is 3.38. The highest BCUT2D eigenvalue weighted by Crippen LogP contribution is 2.25. The molecule has 2 N–H and O–H groups in total. The van der Waals surface area contributed by atoms with Gasteiger partial charge in [0.2, 0.25) is 11.7 Å². The van der Waals surface area contributed by atoms with Crippen molar-refractivity contribution in [3.63, 3.8) is 0 Å². The molecule has 9 heteroatoms. The number of carbonyl (C=O) groups excluding carboxylic acids is 1. The fraction of sp³-hybridized carbons (Fsp3) is 0.333. The smallest absolute Gasteiger partial charge is 0.217 e. The molecule has 126 valence electrons. The predicted molar refractivity (Wildman–Crippen MR) is 87.0 cm³/mol. The van der Waals surface area contributed by atoms with Gasteiger partial charge in [-0.25, -0.2) is 0 Å². The van der Waals surface area contributed by atoms with Crippen LogP contribution in [0.25, 0.3) is 11.5 Å². The average molecular weight is 347 g/mol. The molecule has 0 fully saturated rings. The number of furan rings is 1. The summed E-state index contributed by atoms with van der Waals surface area (Å²) in [6.07, 6.45) is 2.34. The van der Waals surface area contributed by atoms with Crippen LogP contribution in [0.3, 0.4) is 0 Å². The lowest BCUT2D eigenvalue weighted by Crippen LogP contribution is -2.13. The number of hydrogen-bond donors (Lipinski definition) is 1. The van der Waals surface area contributed by atoms with Crippen molar-refractivity contribution >= 4 is 17.7 Å². The summed E-state index contributed by atoms with van der Waals surface area (Å²) in [5.41, 5.74) is 5.98. The molecule has 0 saturated carbocycles. The predicted octanol–water partition coefficient (Wildman–Crippen LogP) is 2.26. The maximum Gasteiger partial charge on any atom is 0.217 e. The average Bonchev–Trinajstić information content (AvgIpc) is 3.29. The van der Waals surface area contributed by atoms with Crippen LogP contribution in [-0.4, -0.2) is 25.8 Å². The van der Waals surface area contributed by atoms with Crippen molar-refractivity contribution in [3.8, 4) is 11.5 Å². The van der Waals surface area contributed by atoms with E-state index in [0.29, 0.717) is 23.7 Å². The van der Waals surface area contributed by atoms with Gasteiger partial charge in [0.05, 0.1) is 12.0 Å². The number of hydrogen-bond acceptors (Lipinski definition) is 7. The Morgan fingerprint density at radius 2 is 2.25 bits per heavy atom. The summed E-state index contributed by atoms with van der Waals surface area (Å²) < 4.78 is 12.5. The molecule has 0 bridgehead atoms. The number of nitrogens with zero attached hydrogens (tertiary/aromatic N) is 4. The topological polar surface area (TPSA) is 113 Å². The third kappa shape index (κ3) is 3.67. The second-order valence-electron chi connectivity index (χ2n) is 5.06.